The number of carbonyl (C=O) groups is 1. The van der Waals surface area contributed by atoms with Gasteiger partial charge in [-0.1, -0.05) is 12.1 Å². The molecule has 0 spiro atoms. The number of nitro groups is 1. The summed E-state index contributed by atoms with van der Waals surface area (Å²) in [5.74, 6) is -0.895. The molecule has 0 amide bonds. The van der Waals surface area contributed by atoms with Gasteiger partial charge >= 0.3 is 11.6 Å². The Morgan fingerprint density at radius 1 is 1.18 bits per heavy atom. The minimum absolute atomic E-state index is 0.230. The zero-order valence-corrected chi connectivity index (χ0v) is 19.8. The number of hydrogen-bond donors (Lipinski definition) is 1. The number of fused-ring (bicyclic) bond motifs is 1. The van der Waals surface area contributed by atoms with Gasteiger partial charge in [0.25, 0.3) is 5.69 Å². The van der Waals surface area contributed by atoms with E-state index >= 15 is 0 Å². The molecular weight excluding hydrogens is 466 g/mol. The molecule has 0 aliphatic heterocycles. The Morgan fingerprint density at radius 3 is 2.53 bits per heavy atom. The zero-order valence-electron chi connectivity index (χ0n) is 18.9. The Bertz CT molecular complexity index is 1440. The number of hydrogen-bond acceptors (Lipinski definition) is 9. The van der Waals surface area contributed by atoms with Crippen LogP contribution in [0.25, 0.3) is 11.0 Å². The van der Waals surface area contributed by atoms with E-state index < -0.39 is 38.8 Å². The van der Waals surface area contributed by atoms with Gasteiger partial charge in [0.1, 0.15) is 24.4 Å². The fourth-order valence-corrected chi connectivity index (χ4v) is 4.27. The first-order valence-corrected chi connectivity index (χ1v) is 11.5. The van der Waals surface area contributed by atoms with Crippen molar-refractivity contribution in [3.63, 3.8) is 0 Å². The van der Waals surface area contributed by atoms with Gasteiger partial charge < -0.3 is 14.1 Å². The number of nitrogens with one attached hydrogen (secondary N) is 1. The third-order valence-electron chi connectivity index (χ3n) is 5.25. The number of rotatable bonds is 8. The van der Waals surface area contributed by atoms with Gasteiger partial charge in [-0.05, 0) is 37.1 Å². The molecule has 0 aliphatic carbocycles. The highest BCUT2D eigenvalue weighted by molar-refractivity contribution is 7.89. The van der Waals surface area contributed by atoms with Gasteiger partial charge in [0.2, 0.25) is 10.0 Å². The number of ether oxygens (including phenoxy) is 1. The van der Waals surface area contributed by atoms with Crippen LogP contribution in [0.15, 0.2) is 50.5 Å². The van der Waals surface area contributed by atoms with Crippen molar-refractivity contribution < 1.29 is 27.3 Å². The number of aryl methyl sites for hydroxylation is 2. The molecule has 0 bridgehead atoms. The summed E-state index contributed by atoms with van der Waals surface area (Å²) in [5, 5.41) is 11.9. The third-order valence-corrected chi connectivity index (χ3v) is 6.65. The highest BCUT2D eigenvalue weighted by Crippen LogP contribution is 2.29. The van der Waals surface area contributed by atoms with Gasteiger partial charge in [-0.2, -0.15) is 4.72 Å². The van der Waals surface area contributed by atoms with E-state index in [0.717, 1.165) is 17.2 Å². The molecule has 0 atom stereocenters. The molecular formula is C22H23N3O8S. The standard InChI is InChI=1S/C22H23N3O8S/c1-13-5-7-17-15(9-20(26)33-22(17)14(13)2)12-32-21(27)11-23-34(30,31)16-6-8-18(24(3)4)19(10-16)25(28)29/h5-10,23H,11-12H2,1-4H3. The number of nitro benzene ring substituents is 1. The SMILES string of the molecule is Cc1ccc2c(COC(=O)CNS(=O)(=O)c3ccc(N(C)C)c([N+](=O)[O-])c3)cc(=O)oc2c1C. The first-order valence-electron chi connectivity index (χ1n) is 10.0. The lowest BCUT2D eigenvalue weighted by atomic mass is 10.0. The van der Waals surface area contributed by atoms with Crippen molar-refractivity contribution in [1.29, 1.82) is 0 Å². The van der Waals surface area contributed by atoms with Gasteiger partial charge in [0, 0.05) is 37.2 Å². The Labute approximate surface area is 195 Å². The molecule has 3 aromatic rings. The van der Waals surface area contributed by atoms with E-state index in [1.165, 1.54) is 23.1 Å². The lowest BCUT2D eigenvalue weighted by Gasteiger charge is -2.14. The highest BCUT2D eigenvalue weighted by Gasteiger charge is 2.23. The van der Waals surface area contributed by atoms with Crippen LogP contribution in [-0.2, 0) is 26.2 Å². The lowest BCUT2D eigenvalue weighted by Crippen LogP contribution is -2.30. The van der Waals surface area contributed by atoms with Crippen molar-refractivity contribution in [2.45, 2.75) is 25.3 Å². The molecule has 0 unspecified atom stereocenters. The molecule has 180 valence electrons. The summed E-state index contributed by atoms with van der Waals surface area (Å²) in [7, 11) is -1.05. The zero-order chi connectivity index (χ0) is 25.2. The maximum absolute atomic E-state index is 12.5. The van der Waals surface area contributed by atoms with Crippen molar-refractivity contribution in [2.75, 3.05) is 25.5 Å². The number of sulfonamides is 1. The van der Waals surface area contributed by atoms with Crippen molar-refractivity contribution in [1.82, 2.24) is 4.72 Å². The Hall–Kier alpha value is -3.77. The minimum Gasteiger partial charge on any atom is -0.460 e. The first kappa shape index (κ1) is 24.9. The number of esters is 1. The molecule has 0 saturated heterocycles. The summed E-state index contributed by atoms with van der Waals surface area (Å²) in [6.07, 6.45) is 0. The number of carbonyl (C=O) groups excluding carboxylic acids is 1. The molecule has 1 heterocycles. The van der Waals surface area contributed by atoms with Gasteiger partial charge in [-0.3, -0.25) is 14.9 Å². The van der Waals surface area contributed by atoms with Crippen LogP contribution < -0.4 is 15.2 Å². The molecule has 34 heavy (non-hydrogen) atoms. The molecule has 11 nitrogen and oxygen atoms in total. The van der Waals surface area contributed by atoms with Crippen LogP contribution in [0.5, 0.6) is 0 Å². The molecule has 12 heteroatoms. The van der Waals surface area contributed by atoms with E-state index in [1.54, 1.807) is 27.1 Å². The number of nitrogens with zero attached hydrogens (tertiary/aromatic N) is 2. The van der Waals surface area contributed by atoms with E-state index in [1.807, 2.05) is 13.0 Å². The van der Waals surface area contributed by atoms with Crippen LogP contribution in [0.1, 0.15) is 16.7 Å². The third kappa shape index (κ3) is 5.24. The summed E-state index contributed by atoms with van der Waals surface area (Å²) in [5.41, 5.74) is 1.75. The van der Waals surface area contributed by atoms with Gasteiger partial charge in [-0.15, -0.1) is 0 Å². The second kappa shape index (κ2) is 9.61. The van der Waals surface area contributed by atoms with Crippen LogP contribution in [0, 0.1) is 24.0 Å². The summed E-state index contributed by atoms with van der Waals surface area (Å²) >= 11 is 0. The van der Waals surface area contributed by atoms with Crippen molar-refractivity contribution in [3.8, 4) is 0 Å². The van der Waals surface area contributed by atoms with Crippen molar-refractivity contribution in [2.24, 2.45) is 0 Å². The Kier molecular flexibility index (Phi) is 7.03. The fraction of sp³-hybridized carbons (Fsp3) is 0.273. The molecule has 2 aromatic carbocycles. The predicted octanol–water partition coefficient (Wildman–Crippen LogP) is 2.41. The minimum atomic E-state index is -4.23. The van der Waals surface area contributed by atoms with Gasteiger partial charge in [0.15, 0.2) is 0 Å². The highest BCUT2D eigenvalue weighted by atomic mass is 32.2. The first-order chi connectivity index (χ1) is 15.9. The average Bonchev–Trinajstić information content (AvgIpc) is 2.78. The van der Waals surface area contributed by atoms with E-state index in [0.29, 0.717) is 16.5 Å². The fourth-order valence-electron chi connectivity index (χ4n) is 3.29. The predicted molar refractivity (Wildman–Crippen MR) is 124 cm³/mol. The van der Waals surface area contributed by atoms with Crippen LogP contribution in [-0.4, -0.2) is 40.0 Å². The summed E-state index contributed by atoms with van der Waals surface area (Å²) < 4.78 is 37.6. The normalized spacial score (nSPS) is 11.4. The number of benzene rings is 2. The maximum Gasteiger partial charge on any atom is 0.336 e. The maximum atomic E-state index is 12.5. The smallest absolute Gasteiger partial charge is 0.336 e. The quantitative estimate of drug-likeness (QED) is 0.218. The Balaban J connectivity index is 1.72. The Morgan fingerprint density at radius 2 is 1.88 bits per heavy atom. The molecule has 0 aliphatic rings. The topological polar surface area (TPSA) is 149 Å². The second-order valence-corrected chi connectivity index (χ2v) is 9.53. The van der Waals surface area contributed by atoms with Gasteiger partial charge in [-0.25, -0.2) is 13.2 Å². The molecule has 1 N–H and O–H groups in total. The van der Waals surface area contributed by atoms with Crippen LogP contribution in [0.3, 0.4) is 0 Å². The molecule has 1 aromatic heterocycles. The van der Waals surface area contributed by atoms with E-state index in [2.05, 4.69) is 4.72 Å². The second-order valence-electron chi connectivity index (χ2n) is 7.76. The van der Waals surface area contributed by atoms with E-state index in [-0.39, 0.29) is 17.2 Å². The van der Waals surface area contributed by atoms with Gasteiger partial charge in [0.05, 0.1) is 9.82 Å². The number of anilines is 1. The van der Waals surface area contributed by atoms with Crippen LogP contribution in [0.2, 0.25) is 0 Å². The largest absolute Gasteiger partial charge is 0.460 e. The van der Waals surface area contributed by atoms with Crippen LogP contribution in [0.4, 0.5) is 11.4 Å². The monoisotopic (exact) mass is 489 g/mol. The van der Waals surface area contributed by atoms with E-state index in [9.17, 15) is 28.1 Å². The molecule has 0 fully saturated rings. The van der Waals surface area contributed by atoms with Crippen molar-refractivity contribution in [3.05, 3.63) is 73.6 Å². The molecule has 0 radical (unpaired) electrons. The lowest BCUT2D eigenvalue weighted by molar-refractivity contribution is -0.384. The summed E-state index contributed by atoms with van der Waals surface area (Å²) in [6, 6.07) is 8.23. The summed E-state index contributed by atoms with van der Waals surface area (Å²) in [6.45, 7) is 2.70. The molecule has 0 saturated carbocycles. The molecule has 3 rings (SSSR count). The summed E-state index contributed by atoms with van der Waals surface area (Å²) in [4.78, 5) is 35.8. The van der Waals surface area contributed by atoms with E-state index in [4.69, 9.17) is 9.15 Å². The average molecular weight is 490 g/mol. The van der Waals surface area contributed by atoms with Crippen LogP contribution >= 0.6 is 0 Å². The van der Waals surface area contributed by atoms with Crippen molar-refractivity contribution >= 4 is 38.3 Å².